The van der Waals surface area contributed by atoms with Crippen LogP contribution < -0.4 is 10.6 Å². The summed E-state index contributed by atoms with van der Waals surface area (Å²) in [5.41, 5.74) is 0.209. The van der Waals surface area contributed by atoms with Crippen LogP contribution in [0.2, 0.25) is 5.02 Å². The van der Waals surface area contributed by atoms with Gasteiger partial charge in [0.1, 0.15) is 5.82 Å². The van der Waals surface area contributed by atoms with Gasteiger partial charge in [0.05, 0.1) is 18.1 Å². The van der Waals surface area contributed by atoms with E-state index in [-0.39, 0.29) is 10.7 Å². The van der Waals surface area contributed by atoms with Gasteiger partial charge in [-0.15, -0.1) is 0 Å². The largest absolute Gasteiger partial charge is 0.401 e. The number of hydrogen-bond acceptors (Lipinski definition) is 2. The fourth-order valence-electron chi connectivity index (χ4n) is 1.10. The minimum atomic E-state index is -4.38. The van der Waals surface area contributed by atoms with E-state index in [0.717, 1.165) is 6.07 Å². The molecule has 100 valence electrons. The van der Waals surface area contributed by atoms with E-state index in [1.807, 2.05) is 5.32 Å². The molecular formula is C10H9ClF4N2O. The van der Waals surface area contributed by atoms with Crippen LogP contribution in [0, 0.1) is 5.82 Å². The first-order valence-corrected chi connectivity index (χ1v) is 5.18. The zero-order valence-corrected chi connectivity index (χ0v) is 9.70. The van der Waals surface area contributed by atoms with Crippen molar-refractivity contribution in [1.29, 1.82) is 0 Å². The Hall–Kier alpha value is -1.34. The topological polar surface area (TPSA) is 41.1 Å². The molecule has 0 spiro atoms. The summed E-state index contributed by atoms with van der Waals surface area (Å²) in [6.07, 6.45) is -4.38. The van der Waals surface area contributed by atoms with Crippen molar-refractivity contribution in [1.82, 2.24) is 5.32 Å². The maximum atomic E-state index is 12.8. The Labute approximate surface area is 105 Å². The summed E-state index contributed by atoms with van der Waals surface area (Å²) >= 11 is 5.47. The number of halogens is 5. The molecule has 0 aliphatic rings. The van der Waals surface area contributed by atoms with Crippen LogP contribution in [-0.2, 0) is 4.79 Å². The molecule has 0 unspecified atom stereocenters. The van der Waals surface area contributed by atoms with Crippen LogP contribution in [0.25, 0.3) is 0 Å². The number of hydrogen-bond donors (Lipinski definition) is 2. The van der Waals surface area contributed by atoms with Gasteiger partial charge in [0.2, 0.25) is 5.91 Å². The van der Waals surface area contributed by atoms with E-state index in [2.05, 4.69) is 5.32 Å². The molecule has 1 amide bonds. The number of nitrogens with one attached hydrogen (secondary N) is 2. The van der Waals surface area contributed by atoms with Gasteiger partial charge >= 0.3 is 6.18 Å². The maximum Gasteiger partial charge on any atom is 0.401 e. The fourth-order valence-corrected chi connectivity index (χ4v) is 1.28. The number of amides is 1. The van der Waals surface area contributed by atoms with Gasteiger partial charge in [-0.3, -0.25) is 4.79 Å². The standard InChI is InChI=1S/C10H9ClF4N2O/c11-7-3-6(1-2-8(7)12)17-9(18)4-16-5-10(13,14)15/h1-3,16H,4-5H2,(H,17,18). The second kappa shape index (κ2) is 6.01. The minimum Gasteiger partial charge on any atom is -0.325 e. The second-order valence-electron chi connectivity index (χ2n) is 3.40. The second-order valence-corrected chi connectivity index (χ2v) is 3.80. The summed E-state index contributed by atoms with van der Waals surface area (Å²) in [5, 5.41) is 4.02. The van der Waals surface area contributed by atoms with E-state index < -0.39 is 31.0 Å². The molecule has 0 saturated heterocycles. The molecule has 0 bridgehead atoms. The van der Waals surface area contributed by atoms with Crippen molar-refractivity contribution in [2.75, 3.05) is 18.4 Å². The average molecular weight is 285 g/mol. The minimum absolute atomic E-state index is 0.184. The Kier molecular flexibility index (Phi) is 4.92. The molecule has 1 rings (SSSR count). The normalized spacial score (nSPS) is 11.4. The third-order valence-electron chi connectivity index (χ3n) is 1.81. The zero-order valence-electron chi connectivity index (χ0n) is 8.94. The molecular weight excluding hydrogens is 276 g/mol. The third kappa shape index (κ3) is 5.33. The van der Waals surface area contributed by atoms with Crippen LogP contribution in [0.4, 0.5) is 23.2 Å². The van der Waals surface area contributed by atoms with Crippen LogP contribution in [0.1, 0.15) is 0 Å². The van der Waals surface area contributed by atoms with Crippen molar-refractivity contribution >= 4 is 23.2 Å². The van der Waals surface area contributed by atoms with Gasteiger partial charge in [-0.05, 0) is 18.2 Å². The molecule has 18 heavy (non-hydrogen) atoms. The van der Waals surface area contributed by atoms with Gasteiger partial charge < -0.3 is 10.6 Å². The van der Waals surface area contributed by atoms with Gasteiger partial charge in [-0.25, -0.2) is 4.39 Å². The van der Waals surface area contributed by atoms with Crippen LogP contribution in [0.5, 0.6) is 0 Å². The van der Waals surface area contributed by atoms with Crippen molar-refractivity contribution < 1.29 is 22.4 Å². The van der Waals surface area contributed by atoms with Crippen molar-refractivity contribution in [2.24, 2.45) is 0 Å². The number of carbonyl (C=O) groups is 1. The molecule has 3 nitrogen and oxygen atoms in total. The lowest BCUT2D eigenvalue weighted by atomic mass is 10.3. The molecule has 0 fully saturated rings. The molecule has 0 radical (unpaired) electrons. The molecule has 0 heterocycles. The van der Waals surface area contributed by atoms with E-state index in [0.29, 0.717) is 0 Å². The SMILES string of the molecule is O=C(CNCC(F)(F)F)Nc1ccc(F)c(Cl)c1. The van der Waals surface area contributed by atoms with Gasteiger partial charge in [0.25, 0.3) is 0 Å². The number of alkyl halides is 3. The predicted octanol–water partition coefficient (Wildman–Crippen LogP) is 2.57. The smallest absolute Gasteiger partial charge is 0.325 e. The summed E-state index contributed by atoms with van der Waals surface area (Å²) in [7, 11) is 0. The van der Waals surface area contributed by atoms with E-state index in [1.165, 1.54) is 12.1 Å². The molecule has 0 saturated carbocycles. The Morgan fingerprint density at radius 3 is 2.56 bits per heavy atom. The quantitative estimate of drug-likeness (QED) is 0.835. The number of anilines is 1. The lowest BCUT2D eigenvalue weighted by Crippen LogP contribution is -2.35. The summed E-state index contributed by atoms with van der Waals surface area (Å²) in [6, 6.07) is 3.46. The van der Waals surface area contributed by atoms with Gasteiger partial charge in [-0.1, -0.05) is 11.6 Å². The molecule has 1 aromatic rings. The lowest BCUT2D eigenvalue weighted by molar-refractivity contribution is -0.126. The van der Waals surface area contributed by atoms with Gasteiger partial charge in [0, 0.05) is 5.69 Å². The Balaban J connectivity index is 2.42. The predicted molar refractivity (Wildman–Crippen MR) is 59.0 cm³/mol. The molecule has 8 heteroatoms. The van der Waals surface area contributed by atoms with E-state index >= 15 is 0 Å². The number of rotatable bonds is 4. The van der Waals surface area contributed by atoms with Crippen molar-refractivity contribution in [3.63, 3.8) is 0 Å². The van der Waals surface area contributed by atoms with Crippen LogP contribution in [-0.4, -0.2) is 25.2 Å². The van der Waals surface area contributed by atoms with E-state index in [4.69, 9.17) is 11.6 Å². The summed E-state index contributed by atoms with van der Waals surface area (Å²) in [6.45, 7) is -1.76. The molecule has 2 N–H and O–H groups in total. The van der Waals surface area contributed by atoms with E-state index in [9.17, 15) is 22.4 Å². The van der Waals surface area contributed by atoms with Gasteiger partial charge in [0.15, 0.2) is 0 Å². The molecule has 0 aliphatic heterocycles. The highest BCUT2D eigenvalue weighted by Crippen LogP contribution is 2.19. The fraction of sp³-hybridized carbons (Fsp3) is 0.300. The molecule has 0 aromatic heterocycles. The first-order chi connectivity index (χ1) is 8.28. The van der Waals surface area contributed by atoms with Crippen LogP contribution in [0.15, 0.2) is 18.2 Å². The monoisotopic (exact) mass is 284 g/mol. The molecule has 1 aromatic carbocycles. The van der Waals surface area contributed by atoms with Crippen molar-refractivity contribution in [3.8, 4) is 0 Å². The zero-order chi connectivity index (χ0) is 13.8. The van der Waals surface area contributed by atoms with E-state index in [1.54, 1.807) is 0 Å². The number of carbonyl (C=O) groups excluding carboxylic acids is 1. The molecule has 0 atom stereocenters. The van der Waals surface area contributed by atoms with Crippen molar-refractivity contribution in [3.05, 3.63) is 29.0 Å². The lowest BCUT2D eigenvalue weighted by Gasteiger charge is -2.09. The average Bonchev–Trinajstić information content (AvgIpc) is 2.21. The van der Waals surface area contributed by atoms with Crippen molar-refractivity contribution in [2.45, 2.75) is 6.18 Å². The Morgan fingerprint density at radius 2 is 2.00 bits per heavy atom. The van der Waals surface area contributed by atoms with Gasteiger partial charge in [-0.2, -0.15) is 13.2 Å². The highest BCUT2D eigenvalue weighted by molar-refractivity contribution is 6.31. The maximum absolute atomic E-state index is 12.8. The summed E-state index contributed by atoms with van der Waals surface area (Å²) < 4.78 is 48.1. The van der Waals surface area contributed by atoms with Crippen LogP contribution >= 0.6 is 11.6 Å². The van der Waals surface area contributed by atoms with Crippen LogP contribution in [0.3, 0.4) is 0 Å². The highest BCUT2D eigenvalue weighted by atomic mass is 35.5. The first-order valence-electron chi connectivity index (χ1n) is 4.80. The highest BCUT2D eigenvalue weighted by Gasteiger charge is 2.26. The summed E-state index contributed by atoms with van der Waals surface area (Å²) in [5.74, 6) is -1.33. The Bertz CT molecular complexity index is 436. The molecule has 0 aliphatic carbocycles. The summed E-state index contributed by atoms with van der Waals surface area (Å²) in [4.78, 5) is 11.2. The Morgan fingerprint density at radius 1 is 1.33 bits per heavy atom. The number of benzene rings is 1. The third-order valence-corrected chi connectivity index (χ3v) is 2.10. The first kappa shape index (κ1) is 14.7.